The molecule has 12 bridgehead atoms. The summed E-state index contributed by atoms with van der Waals surface area (Å²) in [5.74, 6) is -8.84. The maximum absolute atomic E-state index is 14.4. The van der Waals surface area contributed by atoms with Gasteiger partial charge in [-0.2, -0.15) is 0 Å². The van der Waals surface area contributed by atoms with Crippen LogP contribution in [0.15, 0.2) is 60.8 Å². The van der Waals surface area contributed by atoms with Crippen molar-refractivity contribution >= 4 is 17.7 Å². The summed E-state index contributed by atoms with van der Waals surface area (Å²) < 4.78 is 63.9. The van der Waals surface area contributed by atoms with Crippen molar-refractivity contribution in [2.75, 3.05) is 13.7 Å². The molecule has 81 heavy (non-hydrogen) atoms. The minimum Gasteiger partial charge on any atom is -0.462 e. The molecule has 24 atom stereocenters. The van der Waals surface area contributed by atoms with E-state index in [1.54, 1.807) is 34.0 Å². The first-order valence-electron chi connectivity index (χ1n) is 29.5. The number of rotatable bonds is 8. The van der Waals surface area contributed by atoms with E-state index in [4.69, 9.17) is 47.4 Å². The summed E-state index contributed by atoms with van der Waals surface area (Å²) in [6.45, 7) is 18.1. The Balaban J connectivity index is 1.10. The molecule has 20 nitrogen and oxygen atoms in total. The van der Waals surface area contributed by atoms with Gasteiger partial charge >= 0.3 is 11.9 Å². The van der Waals surface area contributed by atoms with Crippen LogP contribution in [0.3, 0.4) is 0 Å². The highest BCUT2D eigenvalue weighted by Gasteiger charge is 2.58. The number of hydrogen-bond acceptors (Lipinski definition) is 20. The van der Waals surface area contributed by atoms with E-state index in [-0.39, 0.29) is 75.8 Å². The standard InChI is InChI=1S/C61H92O20/c1-10-11-15-40(63)18-33(2)19-51-53(68)55-37(6)56(75-51)57(69)61(71)30-49(66)35(4)50(81-61)17-14-12-13-16-42-21-41(64)26-59(77-42)28-45(72-9)22-43(78-59)24-48(65)36(5)54-34(3)39(31-73-54)20-47-27-58(8,70)32-60(80-47)29-46(74-38(7)62)23-44(79-60)25-52(67)76-55/h10-11,13,15-16,20,34-37,40-47,49-51,53-57,63-64,66,68-71H,1-2,12,14,17-19,21-32H2,3-9H3/b15-11+,16-13-,39-20+/t34-,35-,36+,37+,40-,41+,42-,43+,44-,45+,46+,47+,49+,50-,51+,53+,54+,55+,56+,57-,58+,59-,60-,61-/m0/s1. The fraction of sp³-hybridized carbons (Fsp3) is 0.787. The van der Waals surface area contributed by atoms with Crippen LogP contribution in [-0.4, -0.2) is 188 Å². The zero-order valence-corrected chi connectivity index (χ0v) is 48.4. The number of allylic oxidation sites excluding steroid dienone is 3. The lowest BCUT2D eigenvalue weighted by Crippen LogP contribution is -2.65. The second-order valence-electron chi connectivity index (χ2n) is 25.2. The number of aliphatic hydroxyl groups is 7. The van der Waals surface area contributed by atoms with E-state index in [2.05, 4.69) is 13.2 Å². The Kier molecular flexibility index (Phi) is 20.9. The number of Topliss-reactive ketones (excluding diaryl/α,β-unsaturated/α-hetero) is 1. The Labute approximate surface area is 476 Å². The first-order valence-corrected chi connectivity index (χ1v) is 29.5. The van der Waals surface area contributed by atoms with Crippen LogP contribution in [0.25, 0.3) is 0 Å². The molecule has 8 heterocycles. The molecule has 7 saturated heterocycles. The number of methoxy groups -OCH3 is 1. The number of hydrogen-bond donors (Lipinski definition) is 7. The molecule has 0 unspecified atom stereocenters. The van der Waals surface area contributed by atoms with Crippen LogP contribution < -0.4 is 0 Å². The Morgan fingerprint density at radius 2 is 1.56 bits per heavy atom. The van der Waals surface area contributed by atoms with Crippen LogP contribution >= 0.6 is 0 Å². The van der Waals surface area contributed by atoms with Gasteiger partial charge in [0.1, 0.15) is 30.2 Å². The Hall–Kier alpha value is -3.29. The lowest BCUT2D eigenvalue weighted by molar-refractivity contribution is -0.350. The number of aliphatic hydroxyl groups excluding tert-OH is 5. The number of esters is 2. The number of carbonyl (C=O) groups is 3. The van der Waals surface area contributed by atoms with E-state index < -0.39 is 157 Å². The SMILES string of the molecule is C=C/C=C/[C@H](O)CC(=C)C[C@H]1O[C@@H]2[C@H](C)[C@@H](OC(=O)C[C@@H]3C[C@@H](OC(C)=O)C[C@]4(C[C@](C)(O)C[C@@H](/C=C5\CO[C@@H]([C@H](C)C(=O)C[C@H]6C[C@@H](OC)C[C@]7(C[C@H](O)C[C@H](/C=C\CCC[C@@H]8O[C@@](O)(C[C@@H](O)[C@@H]8C)[C@H]2O)O7)O6)[C@H]5C)O4)O3)[C@@H]1O. The second kappa shape index (κ2) is 26.5. The van der Waals surface area contributed by atoms with Crippen molar-refractivity contribution < 1.29 is 97.5 Å². The Morgan fingerprint density at radius 3 is 2.28 bits per heavy atom. The monoisotopic (exact) mass is 1140 g/mol. The van der Waals surface area contributed by atoms with E-state index in [1.807, 2.05) is 32.1 Å². The molecule has 8 aliphatic heterocycles. The van der Waals surface area contributed by atoms with Gasteiger partial charge in [-0.15, -0.1) is 0 Å². The quantitative estimate of drug-likeness (QED) is 0.0977. The fourth-order valence-corrected chi connectivity index (χ4v) is 14.2. The summed E-state index contributed by atoms with van der Waals surface area (Å²) in [6.07, 6.45) is -2.66. The highest BCUT2D eigenvalue weighted by molar-refractivity contribution is 5.82. The topological polar surface area (TPSA) is 285 Å². The average molecular weight is 1150 g/mol. The summed E-state index contributed by atoms with van der Waals surface area (Å²) in [7, 11) is 1.61. The van der Waals surface area contributed by atoms with E-state index >= 15 is 0 Å². The number of ketones is 1. The third kappa shape index (κ3) is 15.6. The highest BCUT2D eigenvalue weighted by Crippen LogP contribution is 2.48. The lowest BCUT2D eigenvalue weighted by atomic mass is 9.78. The predicted octanol–water partition coefficient (Wildman–Crippen LogP) is 4.79. The molecule has 0 aromatic rings. The molecule has 20 heteroatoms. The lowest BCUT2D eigenvalue weighted by Gasteiger charge is -2.51. The van der Waals surface area contributed by atoms with Crippen molar-refractivity contribution in [3.63, 3.8) is 0 Å². The maximum atomic E-state index is 14.4. The molecule has 0 saturated carbocycles. The van der Waals surface area contributed by atoms with Crippen LogP contribution in [0.4, 0.5) is 0 Å². The molecule has 2 spiro atoms. The summed E-state index contributed by atoms with van der Waals surface area (Å²) in [5.41, 5.74) is -0.0508. The van der Waals surface area contributed by atoms with Gasteiger partial charge in [0.2, 0.25) is 0 Å². The molecular formula is C61H92O20. The van der Waals surface area contributed by atoms with Gasteiger partial charge in [-0.25, -0.2) is 0 Å². The van der Waals surface area contributed by atoms with E-state index in [0.717, 1.165) is 5.57 Å². The van der Waals surface area contributed by atoms with Crippen molar-refractivity contribution in [3.8, 4) is 0 Å². The van der Waals surface area contributed by atoms with Gasteiger partial charge < -0.3 is 83.1 Å². The van der Waals surface area contributed by atoms with Crippen LogP contribution in [0, 0.1) is 23.7 Å². The third-order valence-electron chi connectivity index (χ3n) is 18.2. The molecule has 7 N–H and O–H groups in total. The molecule has 0 radical (unpaired) electrons. The summed E-state index contributed by atoms with van der Waals surface area (Å²) in [6, 6.07) is 0. The number of carbonyl (C=O) groups excluding carboxylic acids is 3. The van der Waals surface area contributed by atoms with E-state index in [0.29, 0.717) is 44.1 Å². The molecule has 0 aromatic heterocycles. The number of ether oxygens (including phenoxy) is 10. The first kappa shape index (κ1) is 63.7. The molecule has 8 rings (SSSR count). The predicted molar refractivity (Wildman–Crippen MR) is 291 cm³/mol. The fourth-order valence-electron chi connectivity index (χ4n) is 14.2. The summed E-state index contributed by atoms with van der Waals surface area (Å²) >= 11 is 0. The van der Waals surface area contributed by atoms with Gasteiger partial charge in [0.05, 0.1) is 91.9 Å². The molecule has 7 fully saturated rings. The highest BCUT2D eigenvalue weighted by atomic mass is 16.7. The van der Waals surface area contributed by atoms with Gasteiger partial charge in [-0.05, 0) is 44.6 Å². The minimum absolute atomic E-state index is 0.0300. The van der Waals surface area contributed by atoms with Gasteiger partial charge in [0.25, 0.3) is 0 Å². The Morgan fingerprint density at radius 1 is 0.852 bits per heavy atom. The molecule has 456 valence electrons. The van der Waals surface area contributed by atoms with E-state index in [1.165, 1.54) is 19.1 Å². The van der Waals surface area contributed by atoms with Crippen molar-refractivity contribution in [1.29, 1.82) is 0 Å². The van der Waals surface area contributed by atoms with E-state index in [9.17, 15) is 50.1 Å². The first-order chi connectivity index (χ1) is 38.2. The van der Waals surface area contributed by atoms with Crippen LogP contribution in [0.1, 0.15) is 144 Å². The molecular weight excluding hydrogens is 1050 g/mol. The largest absolute Gasteiger partial charge is 0.462 e. The molecule has 0 amide bonds. The summed E-state index contributed by atoms with van der Waals surface area (Å²) in [4.78, 5) is 41.2. The van der Waals surface area contributed by atoms with Gasteiger partial charge in [-0.1, -0.05) is 82.9 Å². The number of fused-ring (bicyclic) bond motifs is 10. The van der Waals surface area contributed by atoms with Gasteiger partial charge in [0, 0.05) is 102 Å². The average Bonchev–Trinajstić information content (AvgIpc) is 3.58. The van der Waals surface area contributed by atoms with Crippen molar-refractivity contribution in [2.45, 2.75) is 265 Å². The van der Waals surface area contributed by atoms with Crippen LogP contribution in [-0.2, 0) is 61.8 Å². The minimum atomic E-state index is -2.37. The van der Waals surface area contributed by atoms with Gasteiger partial charge in [-0.3, -0.25) is 14.4 Å². The van der Waals surface area contributed by atoms with Crippen molar-refractivity contribution in [3.05, 3.63) is 60.8 Å². The second-order valence-corrected chi connectivity index (χ2v) is 25.2. The zero-order valence-electron chi connectivity index (χ0n) is 48.4. The molecule has 0 aliphatic carbocycles. The maximum Gasteiger partial charge on any atom is 0.308 e. The summed E-state index contributed by atoms with van der Waals surface area (Å²) in [5, 5.41) is 82.1. The smallest absolute Gasteiger partial charge is 0.308 e. The molecule has 8 aliphatic rings. The Bertz CT molecular complexity index is 2300. The normalized spacial score (nSPS) is 47.3. The third-order valence-corrected chi connectivity index (χ3v) is 18.2. The van der Waals surface area contributed by atoms with Gasteiger partial charge in [0.15, 0.2) is 17.4 Å². The van der Waals surface area contributed by atoms with Crippen LogP contribution in [0.2, 0.25) is 0 Å². The van der Waals surface area contributed by atoms with Crippen LogP contribution in [0.5, 0.6) is 0 Å². The van der Waals surface area contributed by atoms with Crippen molar-refractivity contribution in [1.82, 2.24) is 0 Å². The molecule has 0 aromatic carbocycles. The van der Waals surface area contributed by atoms with Crippen molar-refractivity contribution in [2.24, 2.45) is 23.7 Å². The zero-order chi connectivity index (χ0) is 58.8.